The van der Waals surface area contributed by atoms with Gasteiger partial charge in [-0.15, -0.1) is 0 Å². The molecule has 1 saturated carbocycles. The van der Waals surface area contributed by atoms with Crippen molar-refractivity contribution < 1.29 is 0 Å². The lowest BCUT2D eigenvalue weighted by atomic mass is 10.1. The van der Waals surface area contributed by atoms with Crippen LogP contribution in [0.4, 0.5) is 0 Å². The number of unbranched alkanes of at least 4 members (excludes halogenated alkanes) is 1. The van der Waals surface area contributed by atoms with E-state index >= 15 is 0 Å². The summed E-state index contributed by atoms with van der Waals surface area (Å²) in [7, 11) is 0. The molecule has 0 heterocycles. The normalized spacial score (nSPS) is 28.0. The molecule has 0 aromatic carbocycles. The van der Waals surface area contributed by atoms with Gasteiger partial charge in [0.05, 0.1) is 0 Å². The molecule has 0 saturated heterocycles. The minimum atomic E-state index is 0.440. The van der Waals surface area contributed by atoms with E-state index in [1.54, 1.807) is 0 Å². The minimum absolute atomic E-state index is 0.440. The van der Waals surface area contributed by atoms with E-state index in [0.29, 0.717) is 12.0 Å². The largest absolute Gasteiger partial charge is 0.327 e. The molecule has 1 rings (SSSR count). The molecule has 14 heavy (non-hydrogen) atoms. The highest BCUT2D eigenvalue weighted by Crippen LogP contribution is 2.34. The number of hydrogen-bond donors (Lipinski definition) is 1. The molecule has 1 aliphatic carbocycles. The Hall–Kier alpha value is -0.560. The first-order valence-electron chi connectivity index (χ1n) is 5.74. The second-order valence-electron chi connectivity index (χ2n) is 4.53. The van der Waals surface area contributed by atoms with Gasteiger partial charge in [0.1, 0.15) is 0 Å². The molecular weight excluding hydrogens is 170 g/mol. The fourth-order valence-electron chi connectivity index (χ4n) is 1.67. The van der Waals surface area contributed by atoms with E-state index in [2.05, 4.69) is 32.9 Å². The van der Waals surface area contributed by atoms with E-state index in [0.717, 1.165) is 0 Å². The first-order chi connectivity index (χ1) is 6.65. The fourth-order valence-corrected chi connectivity index (χ4v) is 1.67. The van der Waals surface area contributed by atoms with Crippen LogP contribution in [0.5, 0.6) is 0 Å². The highest BCUT2D eigenvalue weighted by molar-refractivity contribution is 5.22. The van der Waals surface area contributed by atoms with Gasteiger partial charge in [0, 0.05) is 6.04 Å². The van der Waals surface area contributed by atoms with E-state index in [9.17, 15) is 0 Å². The van der Waals surface area contributed by atoms with Gasteiger partial charge in [-0.25, -0.2) is 0 Å². The smallest absolute Gasteiger partial charge is 0.0111 e. The third-order valence-electron chi connectivity index (χ3n) is 2.98. The van der Waals surface area contributed by atoms with Crippen LogP contribution >= 0.6 is 0 Å². The first kappa shape index (κ1) is 11.5. The summed E-state index contributed by atoms with van der Waals surface area (Å²) < 4.78 is 0. The van der Waals surface area contributed by atoms with Gasteiger partial charge in [0.15, 0.2) is 0 Å². The van der Waals surface area contributed by atoms with Crippen LogP contribution in [0.25, 0.3) is 0 Å². The topological polar surface area (TPSA) is 26.0 Å². The van der Waals surface area contributed by atoms with Crippen molar-refractivity contribution in [3.63, 3.8) is 0 Å². The Labute approximate surface area is 88.1 Å². The van der Waals surface area contributed by atoms with Crippen molar-refractivity contribution in [1.29, 1.82) is 0 Å². The van der Waals surface area contributed by atoms with E-state index in [1.165, 1.54) is 36.8 Å². The van der Waals surface area contributed by atoms with Crippen LogP contribution in [-0.2, 0) is 0 Å². The number of hydrogen-bond acceptors (Lipinski definition) is 1. The second kappa shape index (κ2) is 5.35. The van der Waals surface area contributed by atoms with Gasteiger partial charge in [-0.2, -0.15) is 0 Å². The van der Waals surface area contributed by atoms with Gasteiger partial charge in [-0.1, -0.05) is 36.6 Å². The maximum absolute atomic E-state index is 5.79. The van der Waals surface area contributed by atoms with Crippen molar-refractivity contribution in [3.05, 3.63) is 23.3 Å². The standard InChI is InChI=1S/C13H23N/c1-4-5-6-10(2)7-8-11(3)12-9-13(12)14/h7-8,12-13H,4-6,9,14H2,1-3H3. The summed E-state index contributed by atoms with van der Waals surface area (Å²) in [5.41, 5.74) is 8.73. The molecule has 0 aromatic rings. The summed E-state index contributed by atoms with van der Waals surface area (Å²) in [6, 6.07) is 0.440. The third-order valence-corrected chi connectivity index (χ3v) is 2.98. The van der Waals surface area contributed by atoms with Crippen molar-refractivity contribution in [2.24, 2.45) is 11.7 Å². The summed E-state index contributed by atoms with van der Waals surface area (Å²) in [6.45, 7) is 6.64. The summed E-state index contributed by atoms with van der Waals surface area (Å²) >= 11 is 0. The SMILES string of the molecule is CCCCC(C)=CC=C(C)C1CC1N. The van der Waals surface area contributed by atoms with Crippen LogP contribution in [0.2, 0.25) is 0 Å². The lowest BCUT2D eigenvalue weighted by Gasteiger charge is -1.98. The van der Waals surface area contributed by atoms with E-state index in [-0.39, 0.29) is 0 Å². The predicted octanol–water partition coefficient (Wildman–Crippen LogP) is 3.42. The summed E-state index contributed by atoms with van der Waals surface area (Å²) in [5, 5.41) is 0. The number of allylic oxidation sites excluding steroid dienone is 3. The monoisotopic (exact) mass is 193 g/mol. The van der Waals surface area contributed by atoms with E-state index in [1.807, 2.05) is 0 Å². The molecule has 0 amide bonds. The van der Waals surface area contributed by atoms with Crippen molar-refractivity contribution in [2.75, 3.05) is 0 Å². The highest BCUT2D eigenvalue weighted by Gasteiger charge is 2.34. The first-order valence-corrected chi connectivity index (χ1v) is 5.74. The average Bonchev–Trinajstić information content (AvgIpc) is 2.88. The van der Waals surface area contributed by atoms with Crippen molar-refractivity contribution in [2.45, 2.75) is 52.5 Å². The molecule has 80 valence electrons. The Bertz CT molecular complexity index is 238. The Morgan fingerprint density at radius 3 is 2.50 bits per heavy atom. The van der Waals surface area contributed by atoms with E-state index < -0.39 is 0 Å². The quantitative estimate of drug-likeness (QED) is 0.665. The Morgan fingerprint density at radius 1 is 1.36 bits per heavy atom. The molecule has 2 N–H and O–H groups in total. The van der Waals surface area contributed by atoms with Crippen molar-refractivity contribution >= 4 is 0 Å². The number of rotatable bonds is 5. The van der Waals surface area contributed by atoms with Crippen LogP contribution in [0.15, 0.2) is 23.3 Å². The maximum Gasteiger partial charge on any atom is 0.0111 e. The van der Waals surface area contributed by atoms with Gasteiger partial charge in [0.25, 0.3) is 0 Å². The highest BCUT2D eigenvalue weighted by atomic mass is 14.7. The zero-order valence-corrected chi connectivity index (χ0v) is 9.72. The van der Waals surface area contributed by atoms with Gasteiger partial charge >= 0.3 is 0 Å². The van der Waals surface area contributed by atoms with Crippen molar-refractivity contribution in [1.82, 2.24) is 0 Å². The van der Waals surface area contributed by atoms with Crippen LogP contribution in [0, 0.1) is 5.92 Å². The van der Waals surface area contributed by atoms with E-state index in [4.69, 9.17) is 5.73 Å². The molecule has 0 spiro atoms. The molecule has 0 bridgehead atoms. The fraction of sp³-hybridized carbons (Fsp3) is 0.692. The lowest BCUT2D eigenvalue weighted by Crippen LogP contribution is -2.02. The molecule has 1 aliphatic rings. The number of nitrogens with two attached hydrogens (primary N) is 1. The van der Waals surface area contributed by atoms with Gasteiger partial charge in [-0.3, -0.25) is 0 Å². The summed E-state index contributed by atoms with van der Waals surface area (Å²) in [5.74, 6) is 0.672. The molecule has 1 nitrogen and oxygen atoms in total. The average molecular weight is 193 g/mol. The Morgan fingerprint density at radius 2 is 2.00 bits per heavy atom. The summed E-state index contributed by atoms with van der Waals surface area (Å²) in [4.78, 5) is 0. The molecular formula is C13H23N. The van der Waals surface area contributed by atoms with Crippen LogP contribution in [-0.4, -0.2) is 6.04 Å². The molecule has 1 fully saturated rings. The van der Waals surface area contributed by atoms with Crippen LogP contribution in [0.1, 0.15) is 46.5 Å². The Balaban J connectivity index is 2.35. The third kappa shape index (κ3) is 3.67. The zero-order valence-electron chi connectivity index (χ0n) is 9.72. The minimum Gasteiger partial charge on any atom is -0.327 e. The molecule has 0 aliphatic heterocycles. The van der Waals surface area contributed by atoms with Gasteiger partial charge in [0.2, 0.25) is 0 Å². The van der Waals surface area contributed by atoms with Crippen LogP contribution < -0.4 is 5.73 Å². The molecule has 0 radical (unpaired) electrons. The molecule has 2 unspecified atom stereocenters. The maximum atomic E-state index is 5.79. The van der Waals surface area contributed by atoms with Crippen molar-refractivity contribution in [3.8, 4) is 0 Å². The van der Waals surface area contributed by atoms with Crippen LogP contribution in [0.3, 0.4) is 0 Å². The molecule has 1 heteroatoms. The van der Waals surface area contributed by atoms with Gasteiger partial charge in [-0.05, 0) is 39.0 Å². The Kier molecular flexibility index (Phi) is 4.40. The predicted molar refractivity (Wildman–Crippen MR) is 63.1 cm³/mol. The lowest BCUT2D eigenvalue weighted by molar-refractivity contribution is 0.787. The molecule has 0 aromatic heterocycles. The summed E-state index contributed by atoms with van der Waals surface area (Å²) in [6.07, 6.45) is 9.51. The zero-order chi connectivity index (χ0) is 10.6. The molecule has 2 atom stereocenters. The second-order valence-corrected chi connectivity index (χ2v) is 4.53. The van der Waals surface area contributed by atoms with Gasteiger partial charge < -0.3 is 5.73 Å².